The summed E-state index contributed by atoms with van der Waals surface area (Å²) in [6, 6.07) is 0. The maximum absolute atomic E-state index is 15.6. The Morgan fingerprint density at radius 3 is 2.96 bits per heavy atom. The van der Waals surface area contributed by atoms with Gasteiger partial charge in [0.15, 0.2) is 28.9 Å². The van der Waals surface area contributed by atoms with Crippen molar-refractivity contribution in [1.82, 2.24) is 19.5 Å². The topological polar surface area (TPSA) is 118 Å². The van der Waals surface area contributed by atoms with Crippen molar-refractivity contribution in [2.75, 3.05) is 30.3 Å². The molecule has 3 aliphatic rings. The summed E-state index contributed by atoms with van der Waals surface area (Å²) in [5.74, 6) is 0.722. The van der Waals surface area contributed by atoms with Crippen LogP contribution >= 0.6 is 8.25 Å². The average molecular weight is 384 g/mol. The van der Waals surface area contributed by atoms with Crippen molar-refractivity contribution in [1.29, 1.82) is 0 Å². The third-order valence-electron chi connectivity index (χ3n) is 5.10. The molecule has 0 radical (unpaired) electrons. The number of nitrogens with zero attached hydrogens (tertiary/aromatic N) is 5. The molecule has 0 amide bonds. The first-order valence-corrected chi connectivity index (χ1v) is 9.60. The predicted molar refractivity (Wildman–Crippen MR) is 89.8 cm³/mol. The molecule has 2 aromatic heterocycles. The molecule has 26 heavy (non-hydrogen) atoms. The van der Waals surface area contributed by atoms with Crippen molar-refractivity contribution >= 4 is 31.2 Å². The van der Waals surface area contributed by atoms with Crippen LogP contribution in [0.5, 0.6) is 0 Å². The molecule has 140 valence electrons. The molecule has 3 fully saturated rings. The largest absolute Gasteiger partial charge is 0.368 e. The SMILES string of the molecule is C[C@@]1(F)[C@@H]2O[PH](=O)OC[C@H]2O[C@H]1n1cnc2c(N3CCC3)nc(N)nc21. The van der Waals surface area contributed by atoms with Crippen molar-refractivity contribution < 1.29 is 22.7 Å². The number of alkyl halides is 1. The molecule has 5 heterocycles. The normalized spacial score (nSPS) is 36.9. The fourth-order valence-electron chi connectivity index (χ4n) is 3.66. The zero-order valence-electron chi connectivity index (χ0n) is 14.0. The van der Waals surface area contributed by atoms with E-state index in [0.717, 1.165) is 19.5 Å². The van der Waals surface area contributed by atoms with Crippen molar-refractivity contribution in [2.24, 2.45) is 0 Å². The highest BCUT2D eigenvalue weighted by Gasteiger charge is 2.59. The van der Waals surface area contributed by atoms with Gasteiger partial charge in [-0.25, -0.2) is 9.37 Å². The first-order valence-electron chi connectivity index (χ1n) is 8.38. The highest BCUT2D eigenvalue weighted by Crippen LogP contribution is 2.50. The van der Waals surface area contributed by atoms with Crippen LogP contribution < -0.4 is 10.6 Å². The summed E-state index contributed by atoms with van der Waals surface area (Å²) in [7, 11) is -2.72. The zero-order valence-corrected chi connectivity index (χ0v) is 15.0. The van der Waals surface area contributed by atoms with Crippen molar-refractivity contribution in [2.45, 2.75) is 37.4 Å². The molecule has 3 saturated heterocycles. The Kier molecular flexibility index (Phi) is 3.52. The van der Waals surface area contributed by atoms with E-state index < -0.39 is 32.4 Å². The maximum Gasteiger partial charge on any atom is 0.319 e. The number of aromatic nitrogens is 4. The van der Waals surface area contributed by atoms with Crippen LogP contribution in [0.15, 0.2) is 6.33 Å². The molecule has 2 aromatic rings. The van der Waals surface area contributed by atoms with Gasteiger partial charge in [-0.2, -0.15) is 9.97 Å². The number of imidazole rings is 1. The minimum absolute atomic E-state index is 0.0151. The number of ether oxygens (including phenoxy) is 1. The molecule has 3 aliphatic heterocycles. The second-order valence-corrected chi connectivity index (χ2v) is 7.87. The van der Waals surface area contributed by atoms with Crippen molar-refractivity contribution in [3.05, 3.63) is 6.33 Å². The predicted octanol–water partition coefficient (Wildman–Crippen LogP) is 1.05. The van der Waals surface area contributed by atoms with Crippen LogP contribution in [0.25, 0.3) is 11.2 Å². The second kappa shape index (κ2) is 5.59. The number of anilines is 2. The number of hydrogen-bond acceptors (Lipinski definition) is 9. The Morgan fingerprint density at radius 1 is 1.42 bits per heavy atom. The zero-order chi connectivity index (χ0) is 18.1. The Bertz CT molecular complexity index is 903. The lowest BCUT2D eigenvalue weighted by atomic mass is 9.98. The molecule has 0 aliphatic carbocycles. The van der Waals surface area contributed by atoms with E-state index in [1.807, 2.05) is 4.90 Å². The van der Waals surface area contributed by atoms with Gasteiger partial charge in [0.25, 0.3) is 0 Å². The number of rotatable bonds is 2. The Hall–Kier alpha value is -1.81. The number of halogens is 1. The van der Waals surface area contributed by atoms with E-state index in [1.165, 1.54) is 17.8 Å². The van der Waals surface area contributed by atoms with Crippen molar-refractivity contribution in [3.63, 3.8) is 0 Å². The summed E-state index contributed by atoms with van der Waals surface area (Å²) in [6.07, 6.45) is -0.174. The van der Waals surface area contributed by atoms with Gasteiger partial charge in [0.05, 0.1) is 12.9 Å². The van der Waals surface area contributed by atoms with E-state index in [4.69, 9.17) is 19.5 Å². The molecule has 2 N–H and O–H groups in total. The molecule has 0 saturated carbocycles. The highest BCUT2D eigenvalue weighted by molar-refractivity contribution is 7.33. The van der Waals surface area contributed by atoms with Crippen LogP contribution in [0.1, 0.15) is 19.6 Å². The molecule has 0 aromatic carbocycles. The first-order chi connectivity index (χ1) is 12.4. The van der Waals surface area contributed by atoms with Gasteiger partial charge >= 0.3 is 8.25 Å². The summed E-state index contributed by atoms with van der Waals surface area (Å²) in [6.45, 7) is 3.10. The van der Waals surface area contributed by atoms with Crippen LogP contribution in [0.3, 0.4) is 0 Å². The van der Waals surface area contributed by atoms with Crippen molar-refractivity contribution in [3.8, 4) is 0 Å². The van der Waals surface area contributed by atoms with Gasteiger partial charge in [-0.15, -0.1) is 0 Å². The summed E-state index contributed by atoms with van der Waals surface area (Å²) in [4.78, 5) is 14.9. The monoisotopic (exact) mass is 384 g/mol. The standard InChI is InChI=1S/C14H18FN6O4P/c1-14(15)9-7(5-23-26(22)25-9)24-12(14)21-6-17-8-10(20-3-2-4-20)18-13(16)19-11(8)21/h6-7,9,12,26H,2-5H2,1H3,(H2,16,18,19)/t7-,9-,12-,14-/m1/s1. The molecular formula is C14H18FN6O4P. The van der Waals surface area contributed by atoms with Crippen LogP contribution in [0.4, 0.5) is 16.2 Å². The van der Waals surface area contributed by atoms with E-state index in [9.17, 15) is 4.57 Å². The third kappa shape index (κ3) is 2.27. The fraction of sp³-hybridized carbons (Fsp3) is 0.643. The molecule has 0 bridgehead atoms. The van der Waals surface area contributed by atoms with Gasteiger partial charge in [-0.1, -0.05) is 0 Å². The molecular weight excluding hydrogens is 366 g/mol. The van der Waals surface area contributed by atoms with Gasteiger partial charge in [-0.05, 0) is 13.3 Å². The molecule has 0 spiro atoms. The molecule has 12 heteroatoms. The number of nitrogen functional groups attached to an aromatic ring is 1. The minimum Gasteiger partial charge on any atom is -0.368 e. The molecule has 5 atom stereocenters. The van der Waals surface area contributed by atoms with Crippen LogP contribution in [-0.2, 0) is 18.3 Å². The van der Waals surface area contributed by atoms with Gasteiger partial charge in [0.1, 0.15) is 12.2 Å². The molecule has 5 rings (SSSR count). The summed E-state index contributed by atoms with van der Waals surface area (Å²) >= 11 is 0. The smallest absolute Gasteiger partial charge is 0.319 e. The summed E-state index contributed by atoms with van der Waals surface area (Å²) in [5.41, 5.74) is 4.85. The summed E-state index contributed by atoms with van der Waals surface area (Å²) in [5, 5.41) is 0. The minimum atomic E-state index is -2.72. The van der Waals surface area contributed by atoms with E-state index in [1.54, 1.807) is 0 Å². The Balaban J connectivity index is 1.59. The first kappa shape index (κ1) is 16.4. The number of hydrogen-bond donors (Lipinski definition) is 1. The van der Waals surface area contributed by atoms with E-state index >= 15 is 4.39 Å². The maximum atomic E-state index is 15.6. The van der Waals surface area contributed by atoms with E-state index in [2.05, 4.69) is 15.0 Å². The van der Waals surface area contributed by atoms with E-state index in [0.29, 0.717) is 17.0 Å². The fourth-order valence-corrected chi connectivity index (χ4v) is 4.61. The lowest BCUT2D eigenvalue weighted by molar-refractivity contribution is -0.0576. The number of nitrogens with two attached hydrogens (primary N) is 1. The van der Waals surface area contributed by atoms with Gasteiger partial charge in [0.2, 0.25) is 5.95 Å². The third-order valence-corrected chi connectivity index (χ3v) is 5.95. The van der Waals surface area contributed by atoms with Gasteiger partial charge in [-0.3, -0.25) is 9.13 Å². The Labute approximate surface area is 148 Å². The average Bonchev–Trinajstić information content (AvgIpc) is 3.05. The lowest BCUT2D eigenvalue weighted by Crippen LogP contribution is -2.43. The van der Waals surface area contributed by atoms with E-state index in [-0.39, 0.29) is 12.6 Å². The van der Waals surface area contributed by atoms with Crippen LogP contribution in [-0.4, -0.2) is 57.1 Å². The van der Waals surface area contributed by atoms with Crippen LogP contribution in [0.2, 0.25) is 0 Å². The lowest BCUT2D eigenvalue weighted by Gasteiger charge is -2.32. The Morgan fingerprint density at radius 2 is 2.23 bits per heavy atom. The molecule has 10 nitrogen and oxygen atoms in total. The highest BCUT2D eigenvalue weighted by atomic mass is 31.1. The van der Waals surface area contributed by atoms with Gasteiger partial charge in [0, 0.05) is 13.1 Å². The van der Waals surface area contributed by atoms with Gasteiger partial charge < -0.3 is 24.4 Å². The molecule has 1 unspecified atom stereocenters. The van der Waals surface area contributed by atoms with Crippen LogP contribution in [0, 0.1) is 0 Å². The quantitative estimate of drug-likeness (QED) is 0.758. The summed E-state index contributed by atoms with van der Waals surface area (Å²) < 4.78 is 44.6. The second-order valence-electron chi connectivity index (χ2n) is 6.85. The number of fused-ring (bicyclic) bond motifs is 2.